The van der Waals surface area contributed by atoms with Crippen molar-refractivity contribution in [2.45, 2.75) is 47.7 Å². The summed E-state index contributed by atoms with van der Waals surface area (Å²) >= 11 is 9.57. The second-order valence-corrected chi connectivity index (χ2v) is 9.98. The molecule has 0 radical (unpaired) electrons. The summed E-state index contributed by atoms with van der Waals surface area (Å²) in [4.78, 5) is 11.5. The van der Waals surface area contributed by atoms with Crippen LogP contribution in [-0.2, 0) is 4.79 Å². The van der Waals surface area contributed by atoms with Gasteiger partial charge in [0.15, 0.2) is 0 Å². The number of hydrogen-bond acceptors (Lipinski definition) is 1. The van der Waals surface area contributed by atoms with Gasteiger partial charge in [-0.05, 0) is 60.6 Å². The van der Waals surface area contributed by atoms with Crippen molar-refractivity contribution >= 4 is 53.7 Å². The van der Waals surface area contributed by atoms with Crippen LogP contribution >= 0.6 is 47.8 Å². The van der Waals surface area contributed by atoms with Gasteiger partial charge in [-0.15, -0.1) is 0 Å². The quantitative estimate of drug-likeness (QED) is 0.705. The Hall–Kier alpha value is 0.910. The van der Waals surface area contributed by atoms with E-state index in [1.54, 1.807) is 0 Å². The second-order valence-electron chi connectivity index (χ2n) is 3.22. The fourth-order valence-electron chi connectivity index (χ4n) is 1.10. The maximum Gasteiger partial charge on any atom is 0.258 e. The van der Waals surface area contributed by atoms with Crippen molar-refractivity contribution in [3.05, 3.63) is 0 Å². The molecule has 0 saturated carbocycles. The van der Waals surface area contributed by atoms with Crippen molar-refractivity contribution in [2.24, 2.45) is 0 Å². The van der Waals surface area contributed by atoms with Crippen molar-refractivity contribution in [2.75, 3.05) is 0 Å². The zero-order valence-electron chi connectivity index (χ0n) is 8.45. The second kappa shape index (κ2) is 7.23. The van der Waals surface area contributed by atoms with Crippen LogP contribution in [-0.4, -0.2) is 14.1 Å². The number of carbonyl (C=O) groups is 1. The number of alkyl halides is 3. The molecule has 0 aliphatic heterocycles. The summed E-state index contributed by atoms with van der Waals surface area (Å²) in [6, 6.07) is 0.273. The number of rotatable bonds is 5. The third-order valence-corrected chi connectivity index (χ3v) is 3.07. The van der Waals surface area contributed by atoms with Crippen LogP contribution in [0, 0.1) is 0 Å². The zero-order valence-corrected chi connectivity index (χ0v) is 13.2. The fourth-order valence-corrected chi connectivity index (χ4v) is 1.44. The van der Waals surface area contributed by atoms with Gasteiger partial charge in [-0.25, -0.2) is 0 Å². The molecular weight excluding hydrogens is 378 g/mol. The minimum absolute atomic E-state index is 0.0829. The molecule has 0 aromatic carbocycles. The lowest BCUT2D eigenvalue weighted by Crippen LogP contribution is -2.40. The Bertz CT molecular complexity index is 179. The summed E-state index contributed by atoms with van der Waals surface area (Å²) in [7, 11) is 0. The van der Waals surface area contributed by atoms with Gasteiger partial charge in [0, 0.05) is 6.04 Å². The van der Waals surface area contributed by atoms with Gasteiger partial charge in [-0.3, -0.25) is 4.79 Å². The molecular formula is C9H16Br3NO. The highest BCUT2D eigenvalue weighted by Crippen LogP contribution is 2.33. The fraction of sp³-hybridized carbons (Fsp3) is 0.889. The molecule has 0 aliphatic rings. The first kappa shape index (κ1) is 14.9. The molecule has 1 N–H and O–H groups in total. The van der Waals surface area contributed by atoms with E-state index in [2.05, 4.69) is 67.0 Å². The van der Waals surface area contributed by atoms with E-state index < -0.39 is 2.14 Å². The molecule has 0 aromatic heterocycles. The van der Waals surface area contributed by atoms with Crippen molar-refractivity contribution in [3.8, 4) is 0 Å². The van der Waals surface area contributed by atoms with Crippen molar-refractivity contribution in [1.82, 2.24) is 5.32 Å². The molecule has 1 amide bonds. The van der Waals surface area contributed by atoms with Crippen LogP contribution in [0.2, 0.25) is 0 Å². The SMILES string of the molecule is CCCCC(CC)NC(=O)C(Br)(Br)Br. The first-order valence-corrected chi connectivity index (χ1v) is 7.17. The van der Waals surface area contributed by atoms with Gasteiger partial charge >= 0.3 is 0 Å². The van der Waals surface area contributed by atoms with Crippen LogP contribution in [0.5, 0.6) is 0 Å². The molecule has 0 fully saturated rings. The molecule has 0 rings (SSSR count). The van der Waals surface area contributed by atoms with Gasteiger partial charge in [0.2, 0.25) is 2.14 Å². The number of nitrogens with one attached hydrogen (secondary N) is 1. The lowest BCUT2D eigenvalue weighted by atomic mass is 10.1. The molecule has 5 heteroatoms. The number of hydrogen-bond donors (Lipinski definition) is 1. The highest BCUT2D eigenvalue weighted by atomic mass is 80.0. The molecule has 0 aromatic rings. The Kier molecular flexibility index (Phi) is 7.70. The topological polar surface area (TPSA) is 29.1 Å². The first-order valence-electron chi connectivity index (χ1n) is 4.79. The van der Waals surface area contributed by atoms with E-state index in [4.69, 9.17) is 0 Å². The normalized spacial score (nSPS) is 13.8. The average molecular weight is 394 g/mol. The summed E-state index contributed by atoms with van der Waals surface area (Å²) in [6.07, 6.45) is 4.32. The van der Waals surface area contributed by atoms with E-state index in [1.165, 1.54) is 0 Å². The summed E-state index contributed by atoms with van der Waals surface area (Å²) in [5.74, 6) is -0.0829. The van der Waals surface area contributed by atoms with Crippen LogP contribution in [0.25, 0.3) is 0 Å². The number of halogens is 3. The van der Waals surface area contributed by atoms with Gasteiger partial charge in [0.05, 0.1) is 0 Å². The van der Waals surface area contributed by atoms with Crippen LogP contribution < -0.4 is 5.32 Å². The van der Waals surface area contributed by atoms with E-state index in [0.29, 0.717) is 0 Å². The van der Waals surface area contributed by atoms with Crippen LogP contribution in [0.3, 0.4) is 0 Å². The summed E-state index contributed by atoms with van der Waals surface area (Å²) in [5.41, 5.74) is 0. The lowest BCUT2D eigenvalue weighted by Gasteiger charge is -2.20. The average Bonchev–Trinajstić information content (AvgIpc) is 2.10. The van der Waals surface area contributed by atoms with Crippen LogP contribution in [0.4, 0.5) is 0 Å². The smallest absolute Gasteiger partial charge is 0.258 e. The van der Waals surface area contributed by atoms with E-state index in [1.807, 2.05) is 0 Å². The maximum absolute atomic E-state index is 11.5. The van der Waals surface area contributed by atoms with Gasteiger partial charge in [-0.1, -0.05) is 26.7 Å². The summed E-state index contributed by atoms with van der Waals surface area (Å²) in [6.45, 7) is 4.23. The minimum Gasteiger partial charge on any atom is -0.351 e. The van der Waals surface area contributed by atoms with Crippen molar-refractivity contribution in [3.63, 3.8) is 0 Å². The van der Waals surface area contributed by atoms with E-state index in [9.17, 15) is 4.79 Å². The molecule has 0 aliphatic carbocycles. The van der Waals surface area contributed by atoms with E-state index >= 15 is 0 Å². The number of carbonyl (C=O) groups excluding carboxylic acids is 1. The van der Waals surface area contributed by atoms with Crippen molar-refractivity contribution in [1.29, 1.82) is 0 Å². The Morgan fingerprint density at radius 2 is 1.93 bits per heavy atom. The Balaban J connectivity index is 3.99. The summed E-state index contributed by atoms with van der Waals surface area (Å²) < 4.78 is -0.827. The minimum atomic E-state index is -0.827. The van der Waals surface area contributed by atoms with Crippen molar-refractivity contribution < 1.29 is 4.79 Å². The van der Waals surface area contributed by atoms with Gasteiger partial charge in [0.25, 0.3) is 5.91 Å². The van der Waals surface area contributed by atoms with E-state index in [-0.39, 0.29) is 11.9 Å². The molecule has 0 saturated heterocycles. The predicted octanol–water partition coefficient (Wildman–Crippen LogP) is 3.91. The highest BCUT2D eigenvalue weighted by Gasteiger charge is 2.29. The van der Waals surface area contributed by atoms with Gasteiger partial charge in [-0.2, -0.15) is 0 Å². The molecule has 2 nitrogen and oxygen atoms in total. The van der Waals surface area contributed by atoms with Gasteiger partial charge in [0.1, 0.15) is 0 Å². The molecule has 0 spiro atoms. The van der Waals surface area contributed by atoms with E-state index in [0.717, 1.165) is 25.7 Å². The van der Waals surface area contributed by atoms with Gasteiger partial charge < -0.3 is 5.32 Å². The Morgan fingerprint density at radius 1 is 1.36 bits per heavy atom. The van der Waals surface area contributed by atoms with Crippen LogP contribution in [0.15, 0.2) is 0 Å². The standard InChI is InChI=1S/C9H16Br3NO/c1-3-5-6-7(4-2)13-8(14)9(10,11)12/h7H,3-6H2,1-2H3,(H,13,14). The number of amides is 1. The third kappa shape index (κ3) is 6.40. The highest BCUT2D eigenvalue weighted by molar-refractivity contribution is 9.40. The molecule has 1 unspecified atom stereocenters. The first-order chi connectivity index (χ1) is 6.41. The Labute approximate surface area is 111 Å². The summed E-state index contributed by atoms with van der Waals surface area (Å²) in [5, 5.41) is 2.96. The molecule has 0 heterocycles. The maximum atomic E-state index is 11.5. The predicted molar refractivity (Wildman–Crippen MR) is 71.3 cm³/mol. The molecule has 1 atom stereocenters. The number of unbranched alkanes of at least 4 members (excludes halogenated alkanes) is 1. The lowest BCUT2D eigenvalue weighted by molar-refractivity contribution is -0.120. The molecule has 0 bridgehead atoms. The van der Waals surface area contributed by atoms with Crippen LogP contribution in [0.1, 0.15) is 39.5 Å². The monoisotopic (exact) mass is 391 g/mol. The third-order valence-electron chi connectivity index (χ3n) is 1.99. The zero-order chi connectivity index (χ0) is 11.2. The largest absolute Gasteiger partial charge is 0.351 e. The molecule has 84 valence electrons. The molecule has 14 heavy (non-hydrogen) atoms. The Morgan fingerprint density at radius 3 is 2.29 bits per heavy atom.